The number of rotatable bonds is 8. The lowest BCUT2D eigenvalue weighted by Gasteiger charge is -2.24. The molecule has 1 aromatic heterocycles. The predicted octanol–water partition coefficient (Wildman–Crippen LogP) is 3.08. The first-order valence-corrected chi connectivity index (χ1v) is 9.71. The molecular formula is C20H30N4OS. The first kappa shape index (κ1) is 20.3. The largest absolute Gasteiger partial charge is 0.496 e. The Morgan fingerprint density at radius 2 is 2.08 bits per heavy atom. The van der Waals surface area contributed by atoms with E-state index in [0.717, 1.165) is 36.8 Å². The Bertz CT molecular complexity index is 698. The van der Waals surface area contributed by atoms with Gasteiger partial charge in [0.1, 0.15) is 5.75 Å². The molecule has 0 spiro atoms. The summed E-state index contributed by atoms with van der Waals surface area (Å²) in [5.74, 6) is 1.77. The van der Waals surface area contributed by atoms with Gasteiger partial charge in [0.05, 0.1) is 13.2 Å². The van der Waals surface area contributed by atoms with E-state index in [1.165, 1.54) is 10.4 Å². The number of guanidine groups is 1. The lowest BCUT2D eigenvalue weighted by atomic mass is 10.1. The zero-order chi connectivity index (χ0) is 18.9. The zero-order valence-electron chi connectivity index (χ0n) is 16.4. The Labute approximate surface area is 161 Å². The molecule has 5 nitrogen and oxygen atoms in total. The molecule has 0 fully saturated rings. The highest BCUT2D eigenvalue weighted by Crippen LogP contribution is 2.22. The Kier molecular flexibility index (Phi) is 7.94. The maximum Gasteiger partial charge on any atom is 0.191 e. The van der Waals surface area contributed by atoms with Crippen LogP contribution in [0.5, 0.6) is 5.75 Å². The van der Waals surface area contributed by atoms with Gasteiger partial charge in [0, 0.05) is 25.0 Å². The third-order valence-electron chi connectivity index (χ3n) is 4.36. The van der Waals surface area contributed by atoms with Crippen LogP contribution < -0.4 is 15.4 Å². The van der Waals surface area contributed by atoms with Crippen LogP contribution in [0, 0.1) is 6.92 Å². The fourth-order valence-corrected chi connectivity index (χ4v) is 3.70. The standard InChI is InChI=1S/C20H30N4OS/c1-15-8-9-16(13-18(15)25-5)10-11-22-20(21-2)23-14-17(24(3)4)19-7-6-12-26-19/h6-9,12-13,17H,10-11,14H2,1-5H3,(H2,21,22,23). The zero-order valence-corrected chi connectivity index (χ0v) is 17.2. The number of aliphatic imine (C=N–C) groups is 1. The number of likely N-dealkylation sites (N-methyl/N-ethyl adjacent to an activating group) is 1. The van der Waals surface area contributed by atoms with Crippen molar-refractivity contribution in [3.05, 3.63) is 51.7 Å². The lowest BCUT2D eigenvalue weighted by Crippen LogP contribution is -2.42. The lowest BCUT2D eigenvalue weighted by molar-refractivity contribution is 0.302. The topological polar surface area (TPSA) is 48.9 Å². The third kappa shape index (κ3) is 5.75. The van der Waals surface area contributed by atoms with Crippen molar-refractivity contribution >= 4 is 17.3 Å². The van der Waals surface area contributed by atoms with Crippen LogP contribution in [-0.2, 0) is 6.42 Å². The molecule has 142 valence electrons. The fraction of sp³-hybridized carbons (Fsp3) is 0.450. The predicted molar refractivity (Wildman–Crippen MR) is 112 cm³/mol. The molecule has 0 saturated heterocycles. The molecule has 2 N–H and O–H groups in total. The van der Waals surface area contributed by atoms with Crippen LogP contribution in [0.3, 0.4) is 0 Å². The average molecular weight is 375 g/mol. The molecule has 0 aliphatic heterocycles. The molecule has 0 bridgehead atoms. The molecule has 0 amide bonds. The number of ether oxygens (including phenoxy) is 1. The van der Waals surface area contributed by atoms with Crippen molar-refractivity contribution in [2.75, 3.05) is 41.3 Å². The van der Waals surface area contributed by atoms with Crippen molar-refractivity contribution in [2.45, 2.75) is 19.4 Å². The summed E-state index contributed by atoms with van der Waals surface area (Å²) in [4.78, 5) is 7.91. The van der Waals surface area contributed by atoms with E-state index in [2.05, 4.69) is 77.3 Å². The van der Waals surface area contributed by atoms with Gasteiger partial charge in [0.25, 0.3) is 0 Å². The molecule has 0 aliphatic carbocycles. The molecule has 1 aromatic carbocycles. The highest BCUT2D eigenvalue weighted by molar-refractivity contribution is 7.10. The van der Waals surface area contributed by atoms with Crippen LogP contribution in [0.4, 0.5) is 0 Å². The number of thiophene rings is 1. The Morgan fingerprint density at radius 3 is 2.69 bits per heavy atom. The number of methoxy groups -OCH3 is 1. The molecule has 1 unspecified atom stereocenters. The van der Waals surface area contributed by atoms with Crippen LogP contribution in [0.25, 0.3) is 0 Å². The fourth-order valence-electron chi connectivity index (χ4n) is 2.78. The summed E-state index contributed by atoms with van der Waals surface area (Å²) in [7, 11) is 7.73. The van der Waals surface area contributed by atoms with Crippen LogP contribution in [-0.4, -0.2) is 52.2 Å². The van der Waals surface area contributed by atoms with E-state index >= 15 is 0 Å². The summed E-state index contributed by atoms with van der Waals surface area (Å²) in [6, 6.07) is 11.0. The first-order chi connectivity index (χ1) is 12.5. The molecule has 1 atom stereocenters. The van der Waals surface area contributed by atoms with Crippen molar-refractivity contribution in [3.8, 4) is 5.75 Å². The number of hydrogen-bond acceptors (Lipinski definition) is 4. The van der Waals surface area contributed by atoms with Gasteiger partial charge in [-0.05, 0) is 56.1 Å². The van der Waals surface area contributed by atoms with E-state index in [1.807, 2.05) is 0 Å². The number of hydrogen-bond donors (Lipinski definition) is 2. The van der Waals surface area contributed by atoms with Gasteiger partial charge < -0.3 is 20.3 Å². The summed E-state index contributed by atoms with van der Waals surface area (Å²) in [6.07, 6.45) is 0.916. The highest BCUT2D eigenvalue weighted by atomic mass is 32.1. The molecule has 0 saturated carbocycles. The van der Waals surface area contributed by atoms with E-state index in [-0.39, 0.29) is 0 Å². The summed E-state index contributed by atoms with van der Waals surface area (Å²) in [5, 5.41) is 8.95. The van der Waals surface area contributed by atoms with Crippen molar-refractivity contribution in [1.82, 2.24) is 15.5 Å². The van der Waals surface area contributed by atoms with Crippen LogP contribution >= 0.6 is 11.3 Å². The molecule has 2 rings (SSSR count). The minimum Gasteiger partial charge on any atom is -0.496 e. The second-order valence-corrected chi connectivity index (χ2v) is 7.41. The normalized spacial score (nSPS) is 12.9. The van der Waals surface area contributed by atoms with Crippen LogP contribution in [0.2, 0.25) is 0 Å². The Hall–Kier alpha value is -2.05. The van der Waals surface area contributed by atoms with Gasteiger partial charge in [-0.3, -0.25) is 4.99 Å². The molecule has 26 heavy (non-hydrogen) atoms. The number of benzene rings is 1. The molecule has 0 radical (unpaired) electrons. The average Bonchev–Trinajstić information content (AvgIpc) is 3.15. The summed E-state index contributed by atoms with van der Waals surface area (Å²) in [5.41, 5.74) is 2.41. The molecule has 2 aromatic rings. The smallest absolute Gasteiger partial charge is 0.191 e. The van der Waals surface area contributed by atoms with Crippen LogP contribution in [0.15, 0.2) is 40.7 Å². The Morgan fingerprint density at radius 1 is 1.27 bits per heavy atom. The third-order valence-corrected chi connectivity index (χ3v) is 5.33. The molecule has 1 heterocycles. The summed E-state index contributed by atoms with van der Waals surface area (Å²) >= 11 is 1.78. The summed E-state index contributed by atoms with van der Waals surface area (Å²) in [6.45, 7) is 3.68. The monoisotopic (exact) mass is 374 g/mol. The SMILES string of the molecule is CN=C(NCCc1ccc(C)c(OC)c1)NCC(c1cccs1)N(C)C. The minimum atomic E-state index is 0.329. The van der Waals surface area contributed by atoms with Gasteiger partial charge in [0.2, 0.25) is 0 Å². The van der Waals surface area contributed by atoms with Crippen molar-refractivity contribution in [2.24, 2.45) is 4.99 Å². The highest BCUT2D eigenvalue weighted by Gasteiger charge is 2.15. The minimum absolute atomic E-state index is 0.329. The number of aryl methyl sites for hydroxylation is 1. The van der Waals surface area contributed by atoms with E-state index < -0.39 is 0 Å². The summed E-state index contributed by atoms with van der Waals surface area (Å²) < 4.78 is 5.40. The van der Waals surface area contributed by atoms with Gasteiger partial charge >= 0.3 is 0 Å². The van der Waals surface area contributed by atoms with E-state index in [9.17, 15) is 0 Å². The number of nitrogens with zero attached hydrogens (tertiary/aromatic N) is 2. The molecule has 0 aliphatic rings. The number of nitrogens with one attached hydrogen (secondary N) is 2. The maximum absolute atomic E-state index is 5.40. The van der Waals surface area contributed by atoms with Crippen molar-refractivity contribution in [3.63, 3.8) is 0 Å². The second-order valence-electron chi connectivity index (χ2n) is 6.43. The van der Waals surface area contributed by atoms with Crippen LogP contribution in [0.1, 0.15) is 22.0 Å². The van der Waals surface area contributed by atoms with Gasteiger partial charge in [-0.2, -0.15) is 0 Å². The van der Waals surface area contributed by atoms with Crippen molar-refractivity contribution in [1.29, 1.82) is 0 Å². The molecular weight excluding hydrogens is 344 g/mol. The van der Waals surface area contributed by atoms with Gasteiger partial charge in [-0.25, -0.2) is 0 Å². The van der Waals surface area contributed by atoms with Gasteiger partial charge in [0.15, 0.2) is 5.96 Å². The van der Waals surface area contributed by atoms with Gasteiger partial charge in [-0.1, -0.05) is 18.2 Å². The van der Waals surface area contributed by atoms with Gasteiger partial charge in [-0.15, -0.1) is 11.3 Å². The Balaban J connectivity index is 1.84. The van der Waals surface area contributed by atoms with E-state index in [1.54, 1.807) is 25.5 Å². The maximum atomic E-state index is 5.40. The quantitative estimate of drug-likeness (QED) is 0.551. The second kappa shape index (κ2) is 10.2. The molecule has 6 heteroatoms. The first-order valence-electron chi connectivity index (χ1n) is 8.83. The van der Waals surface area contributed by atoms with E-state index in [4.69, 9.17) is 4.74 Å². The van der Waals surface area contributed by atoms with Crippen molar-refractivity contribution < 1.29 is 4.74 Å². The van der Waals surface area contributed by atoms with E-state index in [0.29, 0.717) is 6.04 Å².